The van der Waals surface area contributed by atoms with E-state index in [0.717, 1.165) is 17.7 Å². The first-order chi connectivity index (χ1) is 12.5. The van der Waals surface area contributed by atoms with Gasteiger partial charge >= 0.3 is 0 Å². The normalized spacial score (nSPS) is 10.6. The third-order valence-corrected chi connectivity index (χ3v) is 4.34. The second-order valence-corrected chi connectivity index (χ2v) is 6.39. The Labute approximate surface area is 168 Å². The minimum atomic E-state index is 0.245. The fourth-order valence-corrected chi connectivity index (χ4v) is 2.81. The van der Waals surface area contributed by atoms with Crippen LogP contribution in [0.5, 0.6) is 11.5 Å². The molecule has 0 heterocycles. The standard InChI is InChI=1S/C18H19Cl2N3O2S/c1-3-21-18(26)23-22-10-12-7-8-16(17(9-12)24-2)25-11-13-14(19)5-4-6-15(13)20/h4-10H,3,11H2,1-2H3,(H2,21,23,26)/p+1. The smallest absolute Gasteiger partial charge is 0.223 e. The summed E-state index contributed by atoms with van der Waals surface area (Å²) in [7, 11) is 1.58. The van der Waals surface area contributed by atoms with E-state index in [1.807, 2.05) is 25.1 Å². The zero-order chi connectivity index (χ0) is 18.9. The SMILES string of the molecule is CCNC(=S)N[NH+]=Cc1ccc(OCc2c(Cl)cccc2Cl)c(OC)c1. The number of hydrazine groups is 1. The van der Waals surface area contributed by atoms with Gasteiger partial charge in [-0.1, -0.05) is 29.3 Å². The lowest BCUT2D eigenvalue weighted by Gasteiger charge is -2.12. The monoisotopic (exact) mass is 412 g/mol. The van der Waals surface area contributed by atoms with E-state index in [-0.39, 0.29) is 6.61 Å². The maximum absolute atomic E-state index is 6.17. The summed E-state index contributed by atoms with van der Waals surface area (Å²) in [4.78, 5) is 0. The fraction of sp³-hybridized carbons (Fsp3) is 0.222. The molecule has 8 heteroatoms. The minimum absolute atomic E-state index is 0.245. The molecule has 0 aliphatic rings. The van der Waals surface area contributed by atoms with E-state index in [2.05, 4.69) is 15.8 Å². The van der Waals surface area contributed by atoms with E-state index in [1.165, 1.54) is 0 Å². The highest BCUT2D eigenvalue weighted by atomic mass is 35.5. The van der Waals surface area contributed by atoms with Crippen LogP contribution in [0.25, 0.3) is 0 Å². The Bertz CT molecular complexity index is 780. The van der Waals surface area contributed by atoms with Gasteiger partial charge in [0, 0.05) is 27.7 Å². The summed E-state index contributed by atoms with van der Waals surface area (Å²) in [6.07, 6.45) is 1.76. The van der Waals surface area contributed by atoms with Crippen LogP contribution in [0.3, 0.4) is 0 Å². The molecule has 2 rings (SSSR count). The number of methoxy groups -OCH3 is 1. The fourth-order valence-electron chi connectivity index (χ4n) is 2.10. The summed E-state index contributed by atoms with van der Waals surface area (Å²) in [5.41, 5.74) is 4.48. The van der Waals surface area contributed by atoms with Crippen LogP contribution in [0.1, 0.15) is 18.1 Å². The zero-order valence-electron chi connectivity index (χ0n) is 14.4. The van der Waals surface area contributed by atoms with Crippen LogP contribution >= 0.6 is 35.4 Å². The number of benzene rings is 2. The predicted molar refractivity (Wildman–Crippen MR) is 109 cm³/mol. The second-order valence-electron chi connectivity index (χ2n) is 5.17. The topological polar surface area (TPSA) is 56.5 Å². The third kappa shape index (κ3) is 5.76. The highest BCUT2D eigenvalue weighted by Gasteiger charge is 2.10. The molecule has 138 valence electrons. The summed E-state index contributed by atoms with van der Waals surface area (Å²) < 4.78 is 11.2. The first-order valence-corrected chi connectivity index (χ1v) is 9.08. The number of rotatable bonds is 7. The van der Waals surface area contributed by atoms with Crippen molar-refractivity contribution in [2.45, 2.75) is 13.5 Å². The molecule has 0 atom stereocenters. The third-order valence-electron chi connectivity index (χ3n) is 3.38. The van der Waals surface area contributed by atoms with E-state index in [9.17, 15) is 0 Å². The van der Waals surface area contributed by atoms with Gasteiger partial charge in [0.1, 0.15) is 6.61 Å². The first kappa shape index (κ1) is 20.3. The van der Waals surface area contributed by atoms with Gasteiger partial charge in [-0.25, -0.2) is 0 Å². The molecule has 0 spiro atoms. The number of hydrazone groups is 1. The lowest BCUT2D eigenvalue weighted by atomic mass is 10.2. The second kappa shape index (κ2) is 10.2. The molecule has 0 radical (unpaired) electrons. The summed E-state index contributed by atoms with van der Waals surface area (Å²) in [5, 5.41) is 7.54. The average molecular weight is 413 g/mol. The first-order valence-electron chi connectivity index (χ1n) is 7.91. The summed E-state index contributed by atoms with van der Waals surface area (Å²) in [5.74, 6) is 1.19. The van der Waals surface area contributed by atoms with Gasteiger partial charge in [0.25, 0.3) is 0 Å². The molecule has 0 aromatic heterocycles. The predicted octanol–water partition coefficient (Wildman–Crippen LogP) is 2.48. The van der Waals surface area contributed by atoms with Crippen molar-refractivity contribution in [3.8, 4) is 11.5 Å². The highest BCUT2D eigenvalue weighted by molar-refractivity contribution is 7.80. The molecule has 0 bridgehead atoms. The van der Waals surface area contributed by atoms with Crippen LogP contribution in [0.4, 0.5) is 0 Å². The number of nitrogens with one attached hydrogen (secondary N) is 3. The van der Waals surface area contributed by atoms with Crippen molar-refractivity contribution >= 4 is 46.7 Å². The molecule has 0 saturated carbocycles. The van der Waals surface area contributed by atoms with E-state index < -0.39 is 0 Å². The lowest BCUT2D eigenvalue weighted by molar-refractivity contribution is -0.500. The minimum Gasteiger partial charge on any atom is -0.493 e. The average Bonchev–Trinajstić information content (AvgIpc) is 2.62. The molecule has 0 saturated heterocycles. The van der Waals surface area contributed by atoms with Crippen molar-refractivity contribution in [1.82, 2.24) is 10.7 Å². The lowest BCUT2D eigenvalue weighted by Crippen LogP contribution is -2.82. The van der Waals surface area contributed by atoms with Crippen LogP contribution in [0.2, 0.25) is 10.0 Å². The van der Waals surface area contributed by atoms with Gasteiger partial charge in [0.15, 0.2) is 17.7 Å². The Morgan fingerprint density at radius 2 is 1.92 bits per heavy atom. The molecule has 0 amide bonds. The van der Waals surface area contributed by atoms with Crippen molar-refractivity contribution in [2.24, 2.45) is 0 Å². The van der Waals surface area contributed by atoms with Crippen molar-refractivity contribution in [3.63, 3.8) is 0 Å². The van der Waals surface area contributed by atoms with Crippen LogP contribution in [0.15, 0.2) is 36.4 Å². The van der Waals surface area contributed by atoms with Crippen LogP contribution in [-0.2, 0) is 6.61 Å². The Morgan fingerprint density at radius 3 is 2.58 bits per heavy atom. The van der Waals surface area contributed by atoms with Crippen molar-refractivity contribution in [1.29, 1.82) is 0 Å². The Kier molecular flexibility index (Phi) is 7.97. The van der Waals surface area contributed by atoms with Gasteiger partial charge in [0.05, 0.1) is 7.11 Å². The molecular formula is C18H20Cl2N3O2S+. The maximum Gasteiger partial charge on any atom is 0.223 e. The summed E-state index contributed by atoms with van der Waals surface area (Å²) >= 11 is 17.4. The number of hydrogen-bond acceptors (Lipinski definition) is 3. The number of ether oxygens (including phenoxy) is 2. The van der Waals surface area contributed by atoms with Crippen molar-refractivity contribution < 1.29 is 14.6 Å². The van der Waals surface area contributed by atoms with E-state index in [1.54, 1.807) is 31.5 Å². The van der Waals surface area contributed by atoms with E-state index in [4.69, 9.17) is 44.9 Å². The summed E-state index contributed by atoms with van der Waals surface area (Å²) in [6.45, 7) is 2.97. The van der Waals surface area contributed by atoms with Gasteiger partial charge in [0.2, 0.25) is 5.11 Å². The number of halogens is 2. The molecular weight excluding hydrogens is 393 g/mol. The van der Waals surface area contributed by atoms with Crippen LogP contribution in [-0.4, -0.2) is 25.0 Å². The van der Waals surface area contributed by atoms with Gasteiger partial charge < -0.3 is 14.8 Å². The zero-order valence-corrected chi connectivity index (χ0v) is 16.8. The van der Waals surface area contributed by atoms with Crippen molar-refractivity contribution in [2.75, 3.05) is 13.7 Å². The summed E-state index contributed by atoms with van der Waals surface area (Å²) in [6, 6.07) is 10.9. The molecule has 3 N–H and O–H groups in total. The molecule has 0 unspecified atom stereocenters. The molecule has 0 aliphatic carbocycles. The Hall–Kier alpha value is -2.02. The largest absolute Gasteiger partial charge is 0.493 e. The molecule has 0 fully saturated rings. The Balaban J connectivity index is 2.06. The molecule has 26 heavy (non-hydrogen) atoms. The van der Waals surface area contributed by atoms with E-state index in [0.29, 0.717) is 26.7 Å². The van der Waals surface area contributed by atoms with Gasteiger partial charge in [-0.2, -0.15) is 0 Å². The van der Waals surface area contributed by atoms with Crippen LogP contribution < -0.4 is 25.3 Å². The van der Waals surface area contributed by atoms with Gasteiger partial charge in [-0.05, 0) is 49.5 Å². The Morgan fingerprint density at radius 1 is 1.19 bits per heavy atom. The quantitative estimate of drug-likeness (QED) is 0.370. The van der Waals surface area contributed by atoms with Crippen molar-refractivity contribution in [3.05, 3.63) is 57.6 Å². The highest BCUT2D eigenvalue weighted by Crippen LogP contribution is 2.30. The number of hydrogen-bond donors (Lipinski definition) is 3. The molecule has 0 aliphatic heterocycles. The molecule has 2 aromatic rings. The van der Waals surface area contributed by atoms with Gasteiger partial charge in [-0.15, -0.1) is 10.5 Å². The number of thiocarbonyl (C=S) groups is 1. The van der Waals surface area contributed by atoms with Gasteiger partial charge in [-0.3, -0.25) is 0 Å². The molecule has 5 nitrogen and oxygen atoms in total. The molecule has 2 aromatic carbocycles. The van der Waals surface area contributed by atoms with Crippen LogP contribution in [0, 0.1) is 0 Å². The van der Waals surface area contributed by atoms with E-state index >= 15 is 0 Å². The maximum atomic E-state index is 6.17.